The molecule has 4 aromatic carbocycles. The van der Waals surface area contributed by atoms with E-state index in [2.05, 4.69) is 43.7 Å². The lowest BCUT2D eigenvalue weighted by Crippen LogP contribution is -2.57. The summed E-state index contributed by atoms with van der Waals surface area (Å²) in [5.41, 5.74) is 7.90. The highest BCUT2D eigenvalue weighted by Crippen LogP contribution is 2.58. The van der Waals surface area contributed by atoms with Crippen molar-refractivity contribution in [2.75, 3.05) is 57.4 Å². The number of nitrogens with one attached hydrogen (secondary N) is 2. The van der Waals surface area contributed by atoms with Gasteiger partial charge in [0.2, 0.25) is 11.8 Å². The van der Waals surface area contributed by atoms with Gasteiger partial charge in [-0.3, -0.25) is 24.5 Å². The van der Waals surface area contributed by atoms with Gasteiger partial charge in [-0.15, -0.1) is 0 Å². The molecular weight excluding hydrogens is 966 g/mol. The second-order valence-electron chi connectivity index (χ2n) is 21.7. The van der Waals surface area contributed by atoms with Crippen molar-refractivity contribution < 1.29 is 37.7 Å². The number of nitrogens with two attached hydrogens (primary N) is 1. The molecule has 12 rings (SSSR count). The summed E-state index contributed by atoms with van der Waals surface area (Å²) in [4.78, 5) is 44.2. The number of halogens is 3. The molecule has 0 radical (unpaired) electrons. The fourth-order valence-corrected chi connectivity index (χ4v) is 13.7. The summed E-state index contributed by atoms with van der Waals surface area (Å²) in [7, 11) is 1.91. The molecule has 4 aliphatic heterocycles. The Hall–Kier alpha value is -6.07. The maximum absolute atomic E-state index is 16.5. The number of amides is 4. The number of rotatable bonds is 14. The number of carbonyl (C=O) groups excluding carboxylic acids is 3. The molecular formula is C57H65ClF2N8O6. The van der Waals surface area contributed by atoms with E-state index in [4.69, 9.17) is 26.8 Å². The Balaban J connectivity index is 0.716. The first-order valence-corrected chi connectivity index (χ1v) is 26.7. The topological polar surface area (TPSA) is 168 Å². The lowest BCUT2D eigenvalue weighted by atomic mass is 9.57. The average molecular weight is 1030 g/mol. The standard InChI is InChI=1S/C57H65ClF2N8O6/c1-35-47-45(33-42(59)50(58)49(47)48-41(52(61)71)10-11-44(51(48)60)73-31-30-69)74-57(35,38-6-4-3-5-7-38)23-24-62-56-20-17-55(18-21-56,19-22-56)34-66-25-14-39(15-26-66)67-27-12-36(13-28-67)37-8-9-40-43(32-37)65(2)64-53(40)68-29-16-46(70)63-54(68)72/h3-11,23-24,32-33,35-36,39,62,69H,12-22,25-31,34H2,1-2H3,(H2,61,71)(H,63,70,72)/t35-,55?,56?,57?/m0/s1. The van der Waals surface area contributed by atoms with Crippen LogP contribution >= 0.6 is 11.6 Å². The largest absolute Gasteiger partial charge is 0.488 e. The highest BCUT2D eigenvalue weighted by molar-refractivity contribution is 6.34. The maximum atomic E-state index is 16.5. The van der Waals surface area contributed by atoms with Gasteiger partial charge in [0, 0.05) is 72.2 Å². The molecule has 3 saturated carbocycles. The number of hydrogen-bond donors (Lipinski definition) is 4. The molecule has 390 valence electrons. The van der Waals surface area contributed by atoms with Gasteiger partial charge in [0.15, 0.2) is 23.0 Å². The van der Waals surface area contributed by atoms with Gasteiger partial charge < -0.3 is 35.4 Å². The second kappa shape index (κ2) is 19.9. The van der Waals surface area contributed by atoms with Crippen molar-refractivity contribution in [1.29, 1.82) is 0 Å². The van der Waals surface area contributed by atoms with E-state index in [1.165, 1.54) is 36.6 Å². The van der Waals surface area contributed by atoms with E-state index in [9.17, 15) is 19.5 Å². The van der Waals surface area contributed by atoms with Gasteiger partial charge in [0.1, 0.15) is 18.2 Å². The highest BCUT2D eigenvalue weighted by atomic mass is 35.5. The number of nitrogens with zero attached hydrogens (tertiary/aromatic N) is 5. The molecule has 0 spiro atoms. The molecule has 1 aromatic heterocycles. The van der Waals surface area contributed by atoms with Gasteiger partial charge in [-0.05, 0) is 149 Å². The van der Waals surface area contributed by atoms with Crippen LogP contribution in [0.15, 0.2) is 79.0 Å². The molecule has 5 heterocycles. The normalized spacial score (nSPS) is 25.9. The van der Waals surface area contributed by atoms with Crippen molar-refractivity contribution in [2.24, 2.45) is 18.2 Å². The molecule has 6 fully saturated rings. The van der Waals surface area contributed by atoms with Crippen LogP contribution in [0.4, 0.5) is 19.4 Å². The monoisotopic (exact) mass is 1030 g/mol. The number of likely N-dealkylation sites (tertiary alicyclic amines) is 2. The zero-order valence-corrected chi connectivity index (χ0v) is 42.9. The fraction of sp³-hybridized carbons (Fsp3) is 0.474. The number of primary amides is 1. The molecule has 17 heteroatoms. The molecule has 74 heavy (non-hydrogen) atoms. The Bertz CT molecular complexity index is 3000. The molecule has 3 aliphatic carbocycles. The van der Waals surface area contributed by atoms with E-state index >= 15 is 8.78 Å². The van der Waals surface area contributed by atoms with Crippen molar-refractivity contribution in [2.45, 2.75) is 107 Å². The molecule has 1 unspecified atom stereocenters. The number of aromatic nitrogens is 2. The molecule has 14 nitrogen and oxygen atoms in total. The minimum atomic E-state index is -1.16. The summed E-state index contributed by atoms with van der Waals surface area (Å²) in [6.07, 6.45) is 15.5. The zero-order valence-electron chi connectivity index (χ0n) is 42.1. The number of hydrogen-bond acceptors (Lipinski definition) is 10. The molecule has 5 N–H and O–H groups in total. The van der Waals surface area contributed by atoms with Gasteiger partial charge in [-0.1, -0.05) is 54.9 Å². The number of urea groups is 1. The number of carbonyl (C=O) groups is 3. The maximum Gasteiger partial charge on any atom is 0.329 e. The van der Waals surface area contributed by atoms with E-state index in [-0.39, 0.29) is 64.3 Å². The van der Waals surface area contributed by atoms with Crippen LogP contribution in [-0.2, 0) is 17.4 Å². The number of anilines is 1. The van der Waals surface area contributed by atoms with Gasteiger partial charge >= 0.3 is 6.03 Å². The van der Waals surface area contributed by atoms with Crippen molar-refractivity contribution in [3.8, 4) is 22.6 Å². The van der Waals surface area contributed by atoms with Crippen LogP contribution in [-0.4, -0.2) is 107 Å². The van der Waals surface area contributed by atoms with Crippen LogP contribution in [0.1, 0.15) is 116 Å². The van der Waals surface area contributed by atoms with Gasteiger partial charge in [-0.25, -0.2) is 13.6 Å². The van der Waals surface area contributed by atoms with Crippen LogP contribution < -0.4 is 30.7 Å². The minimum Gasteiger partial charge on any atom is -0.488 e. The number of ether oxygens (including phenoxy) is 2. The summed E-state index contributed by atoms with van der Waals surface area (Å²) >= 11 is 6.76. The third kappa shape index (κ3) is 8.98. The minimum absolute atomic E-state index is 0.0332. The fourth-order valence-electron chi connectivity index (χ4n) is 13.5. The number of fused-ring (bicyclic) bond motifs is 5. The number of imide groups is 1. The Morgan fingerprint density at radius 3 is 2.38 bits per heavy atom. The number of aliphatic hydroxyl groups is 1. The Morgan fingerprint density at radius 1 is 0.959 bits per heavy atom. The van der Waals surface area contributed by atoms with E-state index < -0.39 is 35.1 Å². The number of benzene rings is 4. The molecule has 5 aromatic rings. The van der Waals surface area contributed by atoms with Crippen molar-refractivity contribution in [3.05, 3.63) is 118 Å². The van der Waals surface area contributed by atoms with Crippen LogP contribution in [0.3, 0.4) is 0 Å². The SMILES string of the molecule is C[C@H]1c2c(cc(F)c(Cl)c2-c2c(C(N)=O)ccc(OCCO)c2F)OC1(C=CNC12CCC(CN3CCC(N4CCC(c5ccc6c(N7CCC(=O)NC7=O)nn(C)c6c5)CC4)CC3)(CC1)CC2)c1ccccc1. The lowest BCUT2D eigenvalue weighted by molar-refractivity contribution is -0.120. The van der Waals surface area contributed by atoms with E-state index in [1.807, 2.05) is 61.3 Å². The average Bonchev–Trinajstić information content (AvgIpc) is 3.89. The number of piperidine rings is 2. The molecule has 2 bridgehead atoms. The van der Waals surface area contributed by atoms with Crippen molar-refractivity contribution in [3.63, 3.8) is 0 Å². The second-order valence-corrected chi connectivity index (χ2v) is 22.1. The molecule has 2 atom stereocenters. The molecule has 3 saturated heterocycles. The summed E-state index contributed by atoms with van der Waals surface area (Å²) in [5, 5.41) is 20.9. The number of aliphatic hydroxyl groups excluding tert-OH is 1. The summed E-state index contributed by atoms with van der Waals surface area (Å²) in [5.74, 6) is -2.52. The predicted octanol–water partition coefficient (Wildman–Crippen LogP) is 9.02. The Morgan fingerprint density at radius 2 is 1.69 bits per heavy atom. The summed E-state index contributed by atoms with van der Waals surface area (Å²) < 4.78 is 46.6. The van der Waals surface area contributed by atoms with Crippen LogP contribution in [0.2, 0.25) is 5.02 Å². The summed E-state index contributed by atoms with van der Waals surface area (Å²) in [6, 6.07) is 20.2. The first kappa shape index (κ1) is 50.1. The molecule has 7 aliphatic rings. The molecule has 4 amide bonds. The number of aryl methyl sites for hydroxylation is 1. The Kier molecular flexibility index (Phi) is 13.5. The Labute approximate surface area is 435 Å². The van der Waals surface area contributed by atoms with Crippen molar-refractivity contribution in [1.82, 2.24) is 30.2 Å². The van der Waals surface area contributed by atoms with E-state index in [0.717, 1.165) is 101 Å². The van der Waals surface area contributed by atoms with Crippen LogP contribution in [0.5, 0.6) is 11.5 Å². The smallest absolute Gasteiger partial charge is 0.329 e. The van der Waals surface area contributed by atoms with E-state index in [1.54, 1.807) is 4.90 Å². The van der Waals surface area contributed by atoms with Gasteiger partial charge in [0.25, 0.3) is 0 Å². The first-order chi connectivity index (χ1) is 35.7. The van der Waals surface area contributed by atoms with Crippen LogP contribution in [0.25, 0.3) is 22.0 Å². The van der Waals surface area contributed by atoms with Gasteiger partial charge in [0.05, 0.1) is 22.7 Å². The summed E-state index contributed by atoms with van der Waals surface area (Å²) in [6.45, 7) is 7.26. The quantitative estimate of drug-likeness (QED) is 0.0843. The van der Waals surface area contributed by atoms with Gasteiger partial charge in [-0.2, -0.15) is 5.10 Å². The van der Waals surface area contributed by atoms with Crippen LogP contribution in [0, 0.1) is 17.0 Å². The highest BCUT2D eigenvalue weighted by Gasteiger charge is 2.51. The lowest BCUT2D eigenvalue weighted by Gasteiger charge is -2.55. The predicted molar refractivity (Wildman–Crippen MR) is 279 cm³/mol. The first-order valence-electron chi connectivity index (χ1n) is 26.3. The third-order valence-electron chi connectivity index (χ3n) is 17.7. The zero-order chi connectivity index (χ0) is 51.5. The third-order valence-corrected chi connectivity index (χ3v) is 18.1. The van der Waals surface area contributed by atoms with Crippen molar-refractivity contribution >= 4 is 46.2 Å². The van der Waals surface area contributed by atoms with E-state index in [0.29, 0.717) is 35.3 Å².